The second-order valence-electron chi connectivity index (χ2n) is 7.11. The number of aromatic nitrogens is 3. The van der Waals surface area contributed by atoms with E-state index in [1.165, 1.54) is 18.0 Å². The molecule has 0 spiro atoms. The molecule has 0 bridgehead atoms. The maximum atomic E-state index is 12.6. The van der Waals surface area contributed by atoms with Crippen LogP contribution in [0.15, 0.2) is 84.9 Å². The van der Waals surface area contributed by atoms with E-state index in [2.05, 4.69) is 25.7 Å². The molecule has 4 heterocycles. The van der Waals surface area contributed by atoms with Crippen molar-refractivity contribution in [3.05, 3.63) is 84.9 Å². The first kappa shape index (κ1) is 19.7. The molecule has 0 saturated carbocycles. The summed E-state index contributed by atoms with van der Waals surface area (Å²) in [7, 11) is -3.49. The fourth-order valence-corrected chi connectivity index (χ4v) is 6.04. The van der Waals surface area contributed by atoms with E-state index in [1.807, 2.05) is 41.8 Å². The molecule has 6 nitrogen and oxygen atoms in total. The Bertz CT molecular complexity index is 1380. The van der Waals surface area contributed by atoms with E-state index < -0.39 is 14.6 Å². The highest BCUT2D eigenvalue weighted by Gasteiger charge is 2.27. The van der Waals surface area contributed by atoms with Crippen molar-refractivity contribution in [1.29, 1.82) is 0 Å². The molecular formula is C23H18N4O2S2. The van der Waals surface area contributed by atoms with Gasteiger partial charge in [0.1, 0.15) is 4.58 Å². The van der Waals surface area contributed by atoms with Crippen molar-refractivity contribution in [3.63, 3.8) is 0 Å². The van der Waals surface area contributed by atoms with Gasteiger partial charge in [-0.1, -0.05) is 12.1 Å². The van der Waals surface area contributed by atoms with Gasteiger partial charge < -0.3 is 0 Å². The molecule has 1 atom stereocenters. The molecular weight excluding hydrogens is 428 g/mol. The van der Waals surface area contributed by atoms with E-state index in [-0.39, 0.29) is 0 Å². The topological polar surface area (TPSA) is 84.8 Å². The zero-order valence-corrected chi connectivity index (χ0v) is 18.0. The van der Waals surface area contributed by atoms with E-state index in [0.717, 1.165) is 33.2 Å². The number of allylic oxidation sites excluding steroid dienone is 1. The van der Waals surface area contributed by atoms with Gasteiger partial charge in [-0.2, -0.15) is 0 Å². The van der Waals surface area contributed by atoms with Crippen molar-refractivity contribution in [3.8, 4) is 22.3 Å². The number of benzene rings is 1. The van der Waals surface area contributed by atoms with Gasteiger partial charge >= 0.3 is 0 Å². The summed E-state index contributed by atoms with van der Waals surface area (Å²) in [5.74, 6) is 0. The summed E-state index contributed by atoms with van der Waals surface area (Å²) in [5.41, 5.74) is 5.20. The number of hydrogen-bond acceptors (Lipinski definition) is 6. The molecule has 1 aliphatic heterocycles. The second kappa shape index (κ2) is 8.13. The van der Waals surface area contributed by atoms with Crippen LogP contribution in [0, 0.1) is 0 Å². The Hall–Kier alpha value is -3.23. The van der Waals surface area contributed by atoms with Gasteiger partial charge in [0.05, 0.1) is 17.4 Å². The smallest absolute Gasteiger partial charge is 0.245 e. The molecule has 3 aromatic heterocycles. The van der Waals surface area contributed by atoms with Crippen LogP contribution in [0.4, 0.5) is 5.69 Å². The lowest BCUT2D eigenvalue weighted by Crippen LogP contribution is -2.23. The number of anilines is 1. The molecule has 8 heteroatoms. The van der Waals surface area contributed by atoms with Gasteiger partial charge in [0.15, 0.2) is 0 Å². The molecule has 154 valence electrons. The van der Waals surface area contributed by atoms with Gasteiger partial charge in [-0.3, -0.25) is 19.7 Å². The van der Waals surface area contributed by atoms with Crippen LogP contribution in [0.1, 0.15) is 6.42 Å². The maximum Gasteiger partial charge on any atom is 0.245 e. The van der Waals surface area contributed by atoms with Crippen LogP contribution in [0.2, 0.25) is 0 Å². The SMILES string of the molecule is O=S(=O)(Nc1cncc(-c2ccc3nccc(-c4ccncc4)c3c2)c1)C1CC=CS1. The lowest BCUT2D eigenvalue weighted by molar-refractivity contribution is 0.598. The predicted molar refractivity (Wildman–Crippen MR) is 126 cm³/mol. The average Bonchev–Trinajstić information content (AvgIpc) is 3.35. The first-order valence-electron chi connectivity index (χ1n) is 9.67. The highest BCUT2D eigenvalue weighted by Crippen LogP contribution is 2.33. The molecule has 1 aliphatic rings. The summed E-state index contributed by atoms with van der Waals surface area (Å²) in [6.45, 7) is 0. The first-order valence-corrected chi connectivity index (χ1v) is 12.2. The fourth-order valence-electron chi connectivity index (χ4n) is 3.56. The Morgan fingerprint density at radius 2 is 1.77 bits per heavy atom. The zero-order chi connectivity index (χ0) is 21.3. The minimum atomic E-state index is -3.49. The number of rotatable bonds is 5. The second-order valence-corrected chi connectivity index (χ2v) is 10.4. The molecule has 4 aromatic rings. The van der Waals surface area contributed by atoms with Crippen molar-refractivity contribution in [2.75, 3.05) is 4.72 Å². The molecule has 31 heavy (non-hydrogen) atoms. The zero-order valence-electron chi connectivity index (χ0n) is 16.3. The minimum Gasteiger partial charge on any atom is -0.281 e. The Kier molecular flexibility index (Phi) is 5.17. The third kappa shape index (κ3) is 4.04. The van der Waals surface area contributed by atoms with Crippen LogP contribution < -0.4 is 4.72 Å². The Labute approximate surface area is 184 Å². The van der Waals surface area contributed by atoms with Crippen LogP contribution >= 0.6 is 11.8 Å². The highest BCUT2D eigenvalue weighted by atomic mass is 32.3. The number of thioether (sulfide) groups is 1. The molecule has 1 aromatic carbocycles. The number of nitrogens with one attached hydrogen (secondary N) is 1. The third-order valence-electron chi connectivity index (χ3n) is 5.07. The molecule has 1 unspecified atom stereocenters. The van der Waals surface area contributed by atoms with Gasteiger partial charge in [-0.15, -0.1) is 11.8 Å². The third-order valence-corrected chi connectivity index (χ3v) is 8.41. The minimum absolute atomic E-state index is 0.450. The maximum absolute atomic E-state index is 12.6. The number of nitrogens with zero attached hydrogens (tertiary/aromatic N) is 3. The van der Waals surface area contributed by atoms with Crippen LogP contribution in [-0.2, 0) is 10.0 Å². The summed E-state index contributed by atoms with van der Waals surface area (Å²) in [6.07, 6.45) is 11.0. The van der Waals surface area contributed by atoms with Crippen LogP contribution in [-0.4, -0.2) is 28.0 Å². The fraction of sp³-hybridized carbons (Fsp3) is 0.0870. The summed E-state index contributed by atoms with van der Waals surface area (Å²) in [4.78, 5) is 12.8. The Morgan fingerprint density at radius 3 is 2.58 bits per heavy atom. The van der Waals surface area contributed by atoms with E-state index >= 15 is 0 Å². The van der Waals surface area contributed by atoms with Gasteiger partial charge in [-0.25, -0.2) is 8.42 Å². The molecule has 0 fully saturated rings. The Balaban J connectivity index is 1.52. The largest absolute Gasteiger partial charge is 0.281 e. The summed E-state index contributed by atoms with van der Waals surface area (Å²) in [6, 6.07) is 13.7. The molecule has 0 amide bonds. The van der Waals surface area contributed by atoms with Crippen molar-refractivity contribution < 1.29 is 8.42 Å². The molecule has 1 N–H and O–H groups in total. The van der Waals surface area contributed by atoms with E-state index in [4.69, 9.17) is 0 Å². The van der Waals surface area contributed by atoms with Crippen LogP contribution in [0.3, 0.4) is 0 Å². The van der Waals surface area contributed by atoms with Gasteiger partial charge in [0, 0.05) is 35.7 Å². The normalized spacial score (nSPS) is 15.9. The lowest BCUT2D eigenvalue weighted by atomic mass is 9.98. The molecule has 0 radical (unpaired) electrons. The van der Waals surface area contributed by atoms with E-state index in [1.54, 1.807) is 30.9 Å². The van der Waals surface area contributed by atoms with Crippen LogP contribution in [0.25, 0.3) is 33.2 Å². The van der Waals surface area contributed by atoms with Gasteiger partial charge in [-0.05, 0) is 64.9 Å². The first-order chi connectivity index (χ1) is 15.1. The van der Waals surface area contributed by atoms with Crippen LogP contribution in [0.5, 0.6) is 0 Å². The number of sulfonamides is 1. The quantitative estimate of drug-likeness (QED) is 0.460. The standard InChI is InChI=1S/C23H18N4O2S2/c28-31(29,23-2-1-11-30-23)27-19-12-18(14-25-15-19)17-3-4-22-21(13-17)20(7-10-26-22)16-5-8-24-9-6-16/h1,3-15,23,27H,2H2. The van der Waals surface area contributed by atoms with Crippen molar-refractivity contribution in [2.24, 2.45) is 0 Å². The highest BCUT2D eigenvalue weighted by molar-refractivity contribution is 8.15. The van der Waals surface area contributed by atoms with Gasteiger partial charge in [0.25, 0.3) is 0 Å². The number of pyridine rings is 3. The summed E-state index contributed by atoms with van der Waals surface area (Å²) < 4.78 is 27.4. The van der Waals surface area contributed by atoms with Gasteiger partial charge in [0.2, 0.25) is 10.0 Å². The van der Waals surface area contributed by atoms with Crippen molar-refractivity contribution in [2.45, 2.75) is 11.0 Å². The summed E-state index contributed by atoms with van der Waals surface area (Å²) in [5, 5.41) is 2.83. The lowest BCUT2D eigenvalue weighted by Gasteiger charge is -2.13. The monoisotopic (exact) mass is 446 g/mol. The number of fused-ring (bicyclic) bond motifs is 1. The number of hydrogen-bond donors (Lipinski definition) is 1. The Morgan fingerprint density at radius 1 is 0.903 bits per heavy atom. The summed E-state index contributed by atoms with van der Waals surface area (Å²) >= 11 is 1.31. The molecule has 5 rings (SSSR count). The molecule has 0 saturated heterocycles. The molecule has 0 aliphatic carbocycles. The van der Waals surface area contributed by atoms with E-state index in [9.17, 15) is 8.42 Å². The average molecular weight is 447 g/mol. The van der Waals surface area contributed by atoms with E-state index in [0.29, 0.717) is 12.1 Å². The van der Waals surface area contributed by atoms with Crippen molar-refractivity contribution >= 4 is 38.4 Å². The predicted octanol–water partition coefficient (Wildman–Crippen LogP) is 5.08. The van der Waals surface area contributed by atoms with Crippen molar-refractivity contribution in [1.82, 2.24) is 15.0 Å².